The molecule has 1 unspecified atom stereocenters. The molecule has 0 radical (unpaired) electrons. The molecule has 3 nitrogen and oxygen atoms in total. The molecule has 0 bridgehead atoms. The highest BCUT2D eigenvalue weighted by Gasteiger charge is 2.05. The predicted octanol–water partition coefficient (Wildman–Crippen LogP) is 3.20. The van der Waals surface area contributed by atoms with Crippen molar-refractivity contribution in [3.63, 3.8) is 0 Å². The molecule has 1 rings (SSSR count). The molecule has 0 aliphatic heterocycles. The van der Waals surface area contributed by atoms with Gasteiger partial charge in [-0.1, -0.05) is 36.7 Å². The summed E-state index contributed by atoms with van der Waals surface area (Å²) in [4.78, 5) is 0. The molecule has 1 atom stereocenters. The molecule has 4 heteroatoms. The Morgan fingerprint density at radius 1 is 1.32 bits per heavy atom. The molecule has 0 spiro atoms. The van der Waals surface area contributed by atoms with Crippen molar-refractivity contribution < 1.29 is 9.84 Å². The fraction of sp³-hybridized carbons (Fsp3) is 0.600. The zero-order valence-corrected chi connectivity index (χ0v) is 13.5. The number of hydrogen-bond acceptors (Lipinski definition) is 3. The maximum absolute atomic E-state index is 8.98. The fourth-order valence-corrected chi connectivity index (χ4v) is 1.95. The van der Waals surface area contributed by atoms with Crippen LogP contribution in [0.25, 0.3) is 0 Å². The lowest BCUT2D eigenvalue weighted by Crippen LogP contribution is -2.19. The number of benzene rings is 1. The van der Waals surface area contributed by atoms with E-state index in [0.29, 0.717) is 12.5 Å². The van der Waals surface area contributed by atoms with Crippen molar-refractivity contribution in [2.75, 3.05) is 19.8 Å². The lowest BCUT2D eigenvalue weighted by atomic mass is 10.2. The quantitative estimate of drug-likeness (QED) is 0.769. The summed E-state index contributed by atoms with van der Waals surface area (Å²) >= 11 is 3.56. The SMILES string of the molecule is CC(C)CNCc1cc(OCC(C)CO)ccc1Br. The Labute approximate surface area is 124 Å². The Bertz CT molecular complexity index is 382. The van der Waals surface area contributed by atoms with E-state index >= 15 is 0 Å². The van der Waals surface area contributed by atoms with Gasteiger partial charge in [0.25, 0.3) is 0 Å². The van der Waals surface area contributed by atoms with Gasteiger partial charge in [0, 0.05) is 23.5 Å². The Hall–Kier alpha value is -0.580. The van der Waals surface area contributed by atoms with Gasteiger partial charge in [0.2, 0.25) is 0 Å². The number of aliphatic hydroxyl groups excluding tert-OH is 1. The van der Waals surface area contributed by atoms with Gasteiger partial charge in [-0.25, -0.2) is 0 Å². The minimum absolute atomic E-state index is 0.152. The number of rotatable bonds is 8. The van der Waals surface area contributed by atoms with E-state index in [2.05, 4.69) is 35.1 Å². The van der Waals surface area contributed by atoms with E-state index < -0.39 is 0 Å². The molecule has 0 aromatic heterocycles. The third-order valence-corrected chi connectivity index (χ3v) is 3.51. The van der Waals surface area contributed by atoms with Gasteiger partial charge in [-0.3, -0.25) is 0 Å². The summed E-state index contributed by atoms with van der Waals surface area (Å²) in [6, 6.07) is 5.99. The summed E-state index contributed by atoms with van der Waals surface area (Å²) in [5, 5.41) is 12.4. The molecule has 1 aromatic rings. The fourth-order valence-electron chi connectivity index (χ4n) is 1.56. The van der Waals surface area contributed by atoms with Crippen molar-refractivity contribution in [3.05, 3.63) is 28.2 Å². The van der Waals surface area contributed by atoms with E-state index in [1.807, 2.05) is 25.1 Å². The van der Waals surface area contributed by atoms with Gasteiger partial charge in [-0.2, -0.15) is 0 Å². The van der Waals surface area contributed by atoms with Crippen LogP contribution in [0.4, 0.5) is 0 Å². The van der Waals surface area contributed by atoms with Gasteiger partial charge in [0.05, 0.1) is 6.61 Å². The van der Waals surface area contributed by atoms with Gasteiger partial charge in [-0.05, 0) is 36.2 Å². The minimum atomic E-state index is 0.152. The number of hydrogen-bond donors (Lipinski definition) is 2. The molecule has 19 heavy (non-hydrogen) atoms. The molecule has 0 aliphatic carbocycles. The molecular weight excluding hydrogens is 306 g/mol. The van der Waals surface area contributed by atoms with Crippen LogP contribution in [0.3, 0.4) is 0 Å². The molecular formula is C15H24BrNO2. The van der Waals surface area contributed by atoms with Crippen LogP contribution < -0.4 is 10.1 Å². The van der Waals surface area contributed by atoms with E-state index in [0.717, 1.165) is 23.3 Å². The summed E-state index contributed by atoms with van der Waals surface area (Å²) in [6.45, 7) is 8.86. The number of nitrogens with one attached hydrogen (secondary N) is 1. The molecule has 108 valence electrons. The lowest BCUT2D eigenvalue weighted by Gasteiger charge is -2.13. The zero-order valence-electron chi connectivity index (χ0n) is 11.9. The van der Waals surface area contributed by atoms with Crippen molar-refractivity contribution in [1.82, 2.24) is 5.32 Å². The standard InChI is InChI=1S/C15H24BrNO2/c1-11(2)7-17-8-13-6-14(4-5-15(13)16)19-10-12(3)9-18/h4-6,11-12,17-18H,7-10H2,1-3H3. The average Bonchev–Trinajstić information content (AvgIpc) is 2.38. The van der Waals surface area contributed by atoms with Gasteiger partial charge < -0.3 is 15.2 Å². The molecule has 0 amide bonds. The third kappa shape index (κ3) is 6.41. The Morgan fingerprint density at radius 2 is 2.05 bits per heavy atom. The topological polar surface area (TPSA) is 41.5 Å². The molecule has 0 fully saturated rings. The van der Waals surface area contributed by atoms with Crippen LogP contribution >= 0.6 is 15.9 Å². The number of aliphatic hydroxyl groups is 1. The van der Waals surface area contributed by atoms with Crippen molar-refractivity contribution >= 4 is 15.9 Å². The molecule has 0 heterocycles. The Morgan fingerprint density at radius 3 is 2.68 bits per heavy atom. The largest absolute Gasteiger partial charge is 0.493 e. The van der Waals surface area contributed by atoms with E-state index in [-0.39, 0.29) is 12.5 Å². The Balaban J connectivity index is 2.55. The predicted molar refractivity (Wildman–Crippen MR) is 82.4 cm³/mol. The molecule has 2 N–H and O–H groups in total. The van der Waals surface area contributed by atoms with Crippen LogP contribution in [-0.4, -0.2) is 24.9 Å². The summed E-state index contributed by atoms with van der Waals surface area (Å²) in [5.41, 5.74) is 1.19. The number of halogens is 1. The summed E-state index contributed by atoms with van der Waals surface area (Å²) in [5.74, 6) is 1.65. The average molecular weight is 330 g/mol. The maximum Gasteiger partial charge on any atom is 0.119 e. The van der Waals surface area contributed by atoms with Crippen LogP contribution in [0.5, 0.6) is 5.75 Å². The van der Waals surface area contributed by atoms with Crippen LogP contribution in [0.2, 0.25) is 0 Å². The summed E-state index contributed by atoms with van der Waals surface area (Å²) in [6.07, 6.45) is 0. The van der Waals surface area contributed by atoms with Crippen LogP contribution in [0.1, 0.15) is 26.3 Å². The van der Waals surface area contributed by atoms with Crippen molar-refractivity contribution in [2.45, 2.75) is 27.3 Å². The second-order valence-electron chi connectivity index (χ2n) is 5.38. The minimum Gasteiger partial charge on any atom is -0.493 e. The van der Waals surface area contributed by atoms with Crippen LogP contribution in [-0.2, 0) is 6.54 Å². The second-order valence-corrected chi connectivity index (χ2v) is 6.23. The van der Waals surface area contributed by atoms with Crippen LogP contribution in [0.15, 0.2) is 22.7 Å². The summed E-state index contributed by atoms with van der Waals surface area (Å²) < 4.78 is 6.76. The highest BCUT2D eigenvalue weighted by Crippen LogP contribution is 2.23. The first-order valence-electron chi connectivity index (χ1n) is 6.75. The number of ether oxygens (including phenoxy) is 1. The third-order valence-electron chi connectivity index (χ3n) is 2.73. The van der Waals surface area contributed by atoms with Gasteiger partial charge in [-0.15, -0.1) is 0 Å². The highest BCUT2D eigenvalue weighted by molar-refractivity contribution is 9.10. The zero-order chi connectivity index (χ0) is 14.3. The molecule has 1 aromatic carbocycles. The van der Waals surface area contributed by atoms with Crippen molar-refractivity contribution in [2.24, 2.45) is 11.8 Å². The van der Waals surface area contributed by atoms with E-state index in [1.165, 1.54) is 5.56 Å². The van der Waals surface area contributed by atoms with Crippen LogP contribution in [0, 0.1) is 11.8 Å². The van der Waals surface area contributed by atoms with E-state index in [9.17, 15) is 0 Å². The monoisotopic (exact) mass is 329 g/mol. The molecule has 0 saturated heterocycles. The van der Waals surface area contributed by atoms with Gasteiger partial charge in [0.1, 0.15) is 5.75 Å². The Kier molecular flexibility index (Phi) is 7.42. The van der Waals surface area contributed by atoms with Gasteiger partial charge in [0.15, 0.2) is 0 Å². The van der Waals surface area contributed by atoms with E-state index in [1.54, 1.807) is 0 Å². The maximum atomic E-state index is 8.98. The van der Waals surface area contributed by atoms with E-state index in [4.69, 9.17) is 9.84 Å². The molecule has 0 saturated carbocycles. The second kappa shape index (κ2) is 8.56. The lowest BCUT2D eigenvalue weighted by molar-refractivity contribution is 0.174. The highest BCUT2D eigenvalue weighted by atomic mass is 79.9. The van der Waals surface area contributed by atoms with Crippen molar-refractivity contribution in [3.8, 4) is 5.75 Å². The normalized spacial score (nSPS) is 12.7. The first kappa shape index (κ1) is 16.5. The molecule has 0 aliphatic rings. The summed E-state index contributed by atoms with van der Waals surface area (Å²) in [7, 11) is 0. The van der Waals surface area contributed by atoms with Gasteiger partial charge >= 0.3 is 0 Å². The first-order valence-corrected chi connectivity index (χ1v) is 7.55. The van der Waals surface area contributed by atoms with Crippen molar-refractivity contribution in [1.29, 1.82) is 0 Å². The smallest absolute Gasteiger partial charge is 0.119 e. The first-order chi connectivity index (χ1) is 9.02.